The molecule has 0 atom stereocenters. The third-order valence-electron chi connectivity index (χ3n) is 5.08. The highest BCUT2D eigenvalue weighted by Crippen LogP contribution is 2.26. The van der Waals surface area contributed by atoms with Crippen LogP contribution in [0, 0.1) is 0 Å². The fraction of sp³-hybridized carbons (Fsp3) is 0.750. The predicted molar refractivity (Wildman–Crippen MR) is 104 cm³/mol. The molecule has 1 aliphatic rings. The standard InChI is InChI=1S/C20H32N2O3S/c1-3-4-5-6-10-13-19(23)22(16-11-8-7-9-12-16)14-18-21-17(15-26-18)20(24)25-2/h15-16H,3-14H2,1-2H3. The SMILES string of the molecule is CCCCCCCC(=O)N(Cc1nc(C(=O)OC)cs1)C1CCCCC1. The Morgan fingerprint density at radius 1 is 1.19 bits per heavy atom. The maximum absolute atomic E-state index is 12.9. The van der Waals surface area contributed by atoms with E-state index < -0.39 is 5.97 Å². The van der Waals surface area contributed by atoms with Crippen LogP contribution >= 0.6 is 11.3 Å². The van der Waals surface area contributed by atoms with E-state index in [1.165, 1.54) is 57.0 Å². The van der Waals surface area contributed by atoms with Crippen LogP contribution in [0.15, 0.2) is 5.38 Å². The van der Waals surface area contributed by atoms with Crippen LogP contribution < -0.4 is 0 Å². The van der Waals surface area contributed by atoms with Crippen LogP contribution in [0.3, 0.4) is 0 Å². The molecule has 1 fully saturated rings. The van der Waals surface area contributed by atoms with Crippen LogP contribution in [-0.4, -0.2) is 34.9 Å². The zero-order valence-corrected chi connectivity index (χ0v) is 17.0. The highest BCUT2D eigenvalue weighted by atomic mass is 32.1. The molecule has 0 radical (unpaired) electrons. The molecule has 0 aliphatic heterocycles. The summed E-state index contributed by atoms with van der Waals surface area (Å²) in [6.45, 7) is 2.71. The molecule has 1 aliphatic carbocycles. The third-order valence-corrected chi connectivity index (χ3v) is 5.92. The van der Waals surface area contributed by atoms with Gasteiger partial charge in [-0.25, -0.2) is 9.78 Å². The lowest BCUT2D eigenvalue weighted by molar-refractivity contribution is -0.135. The van der Waals surface area contributed by atoms with Crippen molar-refractivity contribution in [2.24, 2.45) is 0 Å². The Hall–Kier alpha value is -1.43. The summed E-state index contributed by atoms with van der Waals surface area (Å²) in [7, 11) is 1.36. The van der Waals surface area contributed by atoms with Crippen molar-refractivity contribution in [2.75, 3.05) is 7.11 Å². The molecule has 0 bridgehead atoms. The maximum atomic E-state index is 12.9. The molecule has 0 N–H and O–H groups in total. The van der Waals surface area contributed by atoms with Gasteiger partial charge in [0.05, 0.1) is 13.7 Å². The fourth-order valence-corrected chi connectivity index (χ4v) is 4.33. The second-order valence-electron chi connectivity index (χ2n) is 7.10. The maximum Gasteiger partial charge on any atom is 0.357 e. The average molecular weight is 381 g/mol. The topological polar surface area (TPSA) is 59.5 Å². The van der Waals surface area contributed by atoms with E-state index in [4.69, 9.17) is 4.74 Å². The summed E-state index contributed by atoms with van der Waals surface area (Å²) in [6.07, 6.45) is 12.2. The zero-order valence-electron chi connectivity index (χ0n) is 16.2. The first-order valence-corrected chi connectivity index (χ1v) is 10.9. The van der Waals surface area contributed by atoms with Gasteiger partial charge in [-0.2, -0.15) is 0 Å². The van der Waals surface area contributed by atoms with Gasteiger partial charge in [-0.05, 0) is 19.3 Å². The number of nitrogens with zero attached hydrogens (tertiary/aromatic N) is 2. The molecule has 6 heteroatoms. The Balaban J connectivity index is 1.97. The molecular formula is C20H32N2O3S. The molecule has 0 aromatic carbocycles. The van der Waals surface area contributed by atoms with E-state index >= 15 is 0 Å². The van der Waals surface area contributed by atoms with Crippen LogP contribution in [0.4, 0.5) is 0 Å². The number of esters is 1. The Morgan fingerprint density at radius 2 is 1.92 bits per heavy atom. The number of unbranched alkanes of at least 4 members (excludes halogenated alkanes) is 4. The predicted octanol–water partition coefficient (Wildman–Crippen LogP) is 4.95. The van der Waals surface area contributed by atoms with Crippen molar-refractivity contribution in [3.05, 3.63) is 16.1 Å². The molecule has 0 unspecified atom stereocenters. The number of carbonyl (C=O) groups excluding carboxylic acids is 2. The molecule has 26 heavy (non-hydrogen) atoms. The quantitative estimate of drug-likeness (QED) is 0.425. The first kappa shape index (κ1) is 20.9. The van der Waals surface area contributed by atoms with Gasteiger partial charge in [0, 0.05) is 17.8 Å². The molecule has 1 heterocycles. The summed E-state index contributed by atoms with van der Waals surface area (Å²) < 4.78 is 4.73. The number of rotatable bonds is 10. The number of thiazole rings is 1. The van der Waals surface area contributed by atoms with Crippen molar-refractivity contribution in [2.45, 2.75) is 90.1 Å². The van der Waals surface area contributed by atoms with Gasteiger partial charge in [0.2, 0.25) is 5.91 Å². The first-order chi connectivity index (χ1) is 12.7. The molecule has 146 valence electrons. The molecule has 0 saturated heterocycles. The lowest BCUT2D eigenvalue weighted by Gasteiger charge is -2.34. The lowest BCUT2D eigenvalue weighted by Crippen LogP contribution is -2.40. The molecular weight excluding hydrogens is 348 g/mol. The molecule has 5 nitrogen and oxygen atoms in total. The van der Waals surface area contributed by atoms with Crippen LogP contribution in [0.5, 0.6) is 0 Å². The normalized spacial score (nSPS) is 15.0. The number of amides is 1. The molecule has 1 amide bonds. The average Bonchev–Trinajstić information content (AvgIpc) is 3.14. The second kappa shape index (κ2) is 11.3. The van der Waals surface area contributed by atoms with Gasteiger partial charge in [-0.1, -0.05) is 51.9 Å². The van der Waals surface area contributed by atoms with E-state index in [1.54, 1.807) is 5.38 Å². The number of aromatic nitrogens is 1. The van der Waals surface area contributed by atoms with Gasteiger partial charge in [-0.3, -0.25) is 4.79 Å². The number of ether oxygens (including phenoxy) is 1. The van der Waals surface area contributed by atoms with Crippen LogP contribution in [0.25, 0.3) is 0 Å². The van der Waals surface area contributed by atoms with Gasteiger partial charge in [0.15, 0.2) is 5.69 Å². The Kier molecular flexibility index (Phi) is 9.09. The summed E-state index contributed by atoms with van der Waals surface area (Å²) in [5.74, 6) is -0.179. The molecule has 0 spiro atoms. The minimum absolute atomic E-state index is 0.239. The fourth-order valence-electron chi connectivity index (χ4n) is 3.56. The minimum Gasteiger partial charge on any atom is -0.464 e. The number of methoxy groups -OCH3 is 1. The van der Waals surface area contributed by atoms with E-state index in [0.29, 0.717) is 24.7 Å². The Labute approximate surface area is 161 Å². The number of carbonyl (C=O) groups is 2. The highest BCUT2D eigenvalue weighted by Gasteiger charge is 2.26. The van der Waals surface area contributed by atoms with E-state index in [1.807, 2.05) is 4.90 Å². The summed E-state index contributed by atoms with van der Waals surface area (Å²) in [5, 5.41) is 2.53. The second-order valence-corrected chi connectivity index (χ2v) is 8.04. The van der Waals surface area contributed by atoms with Gasteiger partial charge in [0.25, 0.3) is 0 Å². The summed E-state index contributed by atoms with van der Waals surface area (Å²) in [4.78, 5) is 30.9. The number of hydrogen-bond donors (Lipinski definition) is 0. The van der Waals surface area contributed by atoms with Crippen molar-refractivity contribution in [1.82, 2.24) is 9.88 Å². The lowest BCUT2D eigenvalue weighted by atomic mass is 9.94. The Morgan fingerprint density at radius 3 is 2.62 bits per heavy atom. The van der Waals surface area contributed by atoms with Crippen molar-refractivity contribution in [3.8, 4) is 0 Å². The van der Waals surface area contributed by atoms with Gasteiger partial charge in [-0.15, -0.1) is 11.3 Å². The molecule has 2 rings (SSSR count). The summed E-state index contributed by atoms with van der Waals surface area (Å²) >= 11 is 1.43. The molecule has 1 aromatic rings. The molecule has 1 saturated carbocycles. The summed E-state index contributed by atoms with van der Waals surface area (Å²) in [6, 6.07) is 0.317. The zero-order chi connectivity index (χ0) is 18.8. The number of hydrogen-bond acceptors (Lipinski definition) is 5. The Bertz CT molecular complexity index is 567. The minimum atomic E-state index is -0.418. The van der Waals surface area contributed by atoms with Crippen LogP contribution in [0.2, 0.25) is 0 Å². The van der Waals surface area contributed by atoms with Crippen molar-refractivity contribution in [3.63, 3.8) is 0 Å². The van der Waals surface area contributed by atoms with E-state index in [-0.39, 0.29) is 5.91 Å². The van der Waals surface area contributed by atoms with Gasteiger partial charge in [0.1, 0.15) is 5.01 Å². The van der Waals surface area contributed by atoms with E-state index in [9.17, 15) is 9.59 Å². The van der Waals surface area contributed by atoms with Crippen LogP contribution in [0.1, 0.15) is 93.0 Å². The third kappa shape index (κ3) is 6.38. The first-order valence-electron chi connectivity index (χ1n) is 9.98. The van der Waals surface area contributed by atoms with Crippen LogP contribution in [-0.2, 0) is 16.1 Å². The summed E-state index contributed by atoms with van der Waals surface area (Å²) in [5.41, 5.74) is 0.336. The van der Waals surface area contributed by atoms with Gasteiger partial charge >= 0.3 is 5.97 Å². The largest absolute Gasteiger partial charge is 0.464 e. The van der Waals surface area contributed by atoms with E-state index in [2.05, 4.69) is 11.9 Å². The molecule has 1 aromatic heterocycles. The smallest absolute Gasteiger partial charge is 0.357 e. The monoisotopic (exact) mass is 380 g/mol. The van der Waals surface area contributed by atoms with Gasteiger partial charge < -0.3 is 9.64 Å². The highest BCUT2D eigenvalue weighted by molar-refractivity contribution is 7.09. The van der Waals surface area contributed by atoms with Crippen molar-refractivity contribution >= 4 is 23.2 Å². The van der Waals surface area contributed by atoms with Crippen molar-refractivity contribution in [1.29, 1.82) is 0 Å². The van der Waals surface area contributed by atoms with Crippen molar-refractivity contribution < 1.29 is 14.3 Å². The van der Waals surface area contributed by atoms with E-state index in [0.717, 1.165) is 30.7 Å².